The van der Waals surface area contributed by atoms with Gasteiger partial charge in [0.2, 0.25) is 5.91 Å². The molecular formula is C16H22N4O2S. The molecule has 0 atom stereocenters. The summed E-state index contributed by atoms with van der Waals surface area (Å²) in [6.07, 6.45) is 0. The van der Waals surface area contributed by atoms with Gasteiger partial charge in [-0.2, -0.15) is 5.26 Å². The quantitative estimate of drug-likeness (QED) is 0.829. The minimum atomic E-state index is -0.534. The minimum absolute atomic E-state index is 0.0151. The Bertz CT molecular complexity index is 672. The zero-order chi connectivity index (χ0) is 17.8. The molecule has 23 heavy (non-hydrogen) atoms. The number of nitriles is 1. The van der Waals surface area contributed by atoms with Crippen LogP contribution < -0.4 is 10.6 Å². The molecule has 1 aromatic rings. The first-order valence-corrected chi connectivity index (χ1v) is 8.16. The number of rotatable bonds is 3. The monoisotopic (exact) mass is 334 g/mol. The molecule has 1 rings (SSSR count). The van der Waals surface area contributed by atoms with Crippen molar-refractivity contribution in [1.29, 1.82) is 5.26 Å². The summed E-state index contributed by atoms with van der Waals surface area (Å²) < 4.78 is 0. The van der Waals surface area contributed by atoms with Gasteiger partial charge in [0.15, 0.2) is 0 Å². The second-order valence-corrected chi connectivity index (χ2v) is 7.24. The molecule has 6 nitrogen and oxygen atoms in total. The van der Waals surface area contributed by atoms with E-state index in [4.69, 9.17) is 0 Å². The van der Waals surface area contributed by atoms with Crippen LogP contribution in [0.3, 0.4) is 0 Å². The average molecular weight is 334 g/mol. The summed E-state index contributed by atoms with van der Waals surface area (Å²) in [5, 5.41) is 14.7. The summed E-state index contributed by atoms with van der Waals surface area (Å²) in [4.78, 5) is 27.9. The van der Waals surface area contributed by atoms with Gasteiger partial charge in [0.1, 0.15) is 11.1 Å². The Morgan fingerprint density at radius 2 is 1.83 bits per heavy atom. The van der Waals surface area contributed by atoms with Crippen LogP contribution in [-0.2, 0) is 4.79 Å². The molecule has 124 valence electrons. The van der Waals surface area contributed by atoms with Gasteiger partial charge in [-0.3, -0.25) is 10.1 Å². The highest BCUT2D eigenvalue weighted by Gasteiger charge is 2.17. The number of nitrogens with one attached hydrogen (secondary N) is 2. The van der Waals surface area contributed by atoms with Gasteiger partial charge < -0.3 is 5.32 Å². The molecule has 0 unspecified atom stereocenters. The van der Waals surface area contributed by atoms with Crippen LogP contribution in [0.25, 0.3) is 0 Å². The van der Waals surface area contributed by atoms with Gasteiger partial charge >= 0.3 is 6.03 Å². The lowest BCUT2D eigenvalue weighted by Crippen LogP contribution is -2.48. The van der Waals surface area contributed by atoms with E-state index in [0.29, 0.717) is 10.6 Å². The molecular weight excluding hydrogens is 312 g/mol. The van der Waals surface area contributed by atoms with E-state index in [1.165, 1.54) is 0 Å². The predicted molar refractivity (Wildman–Crippen MR) is 90.3 cm³/mol. The molecule has 1 aromatic heterocycles. The van der Waals surface area contributed by atoms with Crippen molar-refractivity contribution in [3.8, 4) is 6.07 Å². The van der Waals surface area contributed by atoms with Crippen molar-refractivity contribution in [3.05, 3.63) is 22.4 Å². The number of imide groups is 1. The van der Waals surface area contributed by atoms with E-state index in [0.717, 1.165) is 28.6 Å². The van der Waals surface area contributed by atoms with E-state index < -0.39 is 17.5 Å². The summed E-state index contributed by atoms with van der Waals surface area (Å²) >= 11 is 1.15. The van der Waals surface area contributed by atoms with Crippen LogP contribution in [0.1, 0.15) is 43.2 Å². The van der Waals surface area contributed by atoms with Crippen molar-refractivity contribution >= 4 is 23.7 Å². The molecule has 0 aromatic carbocycles. The maximum Gasteiger partial charge on any atom is 0.321 e. The van der Waals surface area contributed by atoms with E-state index in [1.807, 2.05) is 41.5 Å². The fourth-order valence-corrected chi connectivity index (χ4v) is 2.70. The van der Waals surface area contributed by atoms with E-state index in [-0.39, 0.29) is 5.75 Å². The second kappa shape index (κ2) is 7.47. The number of hydrogen-bond donors (Lipinski definition) is 2. The molecule has 0 spiro atoms. The van der Waals surface area contributed by atoms with Crippen LogP contribution in [0.2, 0.25) is 0 Å². The lowest BCUT2D eigenvalue weighted by atomic mass is 10.1. The maximum atomic E-state index is 11.8. The Morgan fingerprint density at radius 3 is 2.35 bits per heavy atom. The summed E-state index contributed by atoms with van der Waals surface area (Å²) in [5.74, 6) is -0.417. The predicted octanol–water partition coefficient (Wildman–Crippen LogP) is 2.59. The van der Waals surface area contributed by atoms with Crippen molar-refractivity contribution in [2.24, 2.45) is 0 Å². The average Bonchev–Trinajstić information content (AvgIpc) is 2.40. The van der Waals surface area contributed by atoms with Crippen LogP contribution in [-0.4, -0.2) is 28.2 Å². The van der Waals surface area contributed by atoms with Gasteiger partial charge in [-0.25, -0.2) is 9.78 Å². The first-order valence-electron chi connectivity index (χ1n) is 7.18. The van der Waals surface area contributed by atoms with Crippen molar-refractivity contribution in [2.75, 3.05) is 5.75 Å². The number of pyridine rings is 1. The Labute approximate surface area is 141 Å². The largest absolute Gasteiger partial charge is 0.333 e. The molecule has 0 bridgehead atoms. The molecule has 2 N–H and O–H groups in total. The normalized spacial score (nSPS) is 10.8. The molecule has 0 saturated heterocycles. The van der Waals surface area contributed by atoms with Crippen LogP contribution in [0.5, 0.6) is 0 Å². The number of carbonyl (C=O) groups excluding carboxylic acids is 2. The number of carbonyl (C=O) groups is 2. The third kappa shape index (κ3) is 5.57. The minimum Gasteiger partial charge on any atom is -0.333 e. The van der Waals surface area contributed by atoms with Gasteiger partial charge in [0.05, 0.1) is 11.3 Å². The van der Waals surface area contributed by atoms with Gasteiger partial charge in [-0.05, 0) is 52.7 Å². The number of aromatic nitrogens is 1. The Kier molecular flexibility index (Phi) is 6.16. The van der Waals surface area contributed by atoms with E-state index in [9.17, 15) is 14.9 Å². The van der Waals surface area contributed by atoms with Crippen molar-refractivity contribution in [1.82, 2.24) is 15.6 Å². The first kappa shape index (κ1) is 19.0. The highest BCUT2D eigenvalue weighted by Crippen LogP contribution is 2.26. The lowest BCUT2D eigenvalue weighted by molar-refractivity contribution is -0.117. The number of amides is 3. The van der Waals surface area contributed by atoms with Gasteiger partial charge in [0, 0.05) is 11.2 Å². The summed E-state index contributed by atoms with van der Waals surface area (Å²) in [6.45, 7) is 11.1. The second-order valence-electron chi connectivity index (χ2n) is 6.28. The third-order valence-electron chi connectivity index (χ3n) is 3.16. The summed E-state index contributed by atoms with van der Waals surface area (Å²) in [7, 11) is 0. The smallest absolute Gasteiger partial charge is 0.321 e. The fraction of sp³-hybridized carbons (Fsp3) is 0.500. The number of thioether (sulfide) groups is 1. The van der Waals surface area contributed by atoms with Crippen molar-refractivity contribution in [2.45, 2.75) is 52.1 Å². The van der Waals surface area contributed by atoms with Crippen molar-refractivity contribution < 1.29 is 9.59 Å². The molecule has 0 aliphatic carbocycles. The molecule has 0 aliphatic rings. The van der Waals surface area contributed by atoms with Gasteiger partial charge in [-0.1, -0.05) is 11.8 Å². The topological polar surface area (TPSA) is 94.9 Å². The molecule has 1 heterocycles. The van der Waals surface area contributed by atoms with E-state index in [2.05, 4.69) is 21.7 Å². The van der Waals surface area contributed by atoms with Crippen LogP contribution in [0.15, 0.2) is 5.03 Å². The molecule has 7 heteroatoms. The maximum absolute atomic E-state index is 11.8. The number of hydrogen-bond acceptors (Lipinski definition) is 5. The van der Waals surface area contributed by atoms with Crippen LogP contribution >= 0.6 is 11.8 Å². The zero-order valence-corrected chi connectivity index (χ0v) is 15.1. The number of urea groups is 1. The van der Waals surface area contributed by atoms with Gasteiger partial charge in [-0.15, -0.1) is 0 Å². The zero-order valence-electron chi connectivity index (χ0n) is 14.3. The Balaban J connectivity index is 2.74. The van der Waals surface area contributed by atoms with E-state index >= 15 is 0 Å². The summed E-state index contributed by atoms with van der Waals surface area (Å²) in [5.41, 5.74) is 2.73. The van der Waals surface area contributed by atoms with Gasteiger partial charge in [0.25, 0.3) is 0 Å². The molecule has 0 radical (unpaired) electrons. The lowest BCUT2D eigenvalue weighted by Gasteiger charge is -2.20. The Hall–Kier alpha value is -2.07. The molecule has 0 saturated carbocycles. The molecule has 3 amide bonds. The summed E-state index contributed by atoms with van der Waals surface area (Å²) in [6, 6.07) is 1.60. The van der Waals surface area contributed by atoms with Crippen LogP contribution in [0, 0.1) is 32.1 Å². The highest BCUT2D eigenvalue weighted by molar-refractivity contribution is 8.00. The van der Waals surface area contributed by atoms with E-state index in [1.54, 1.807) is 0 Å². The number of aryl methyl sites for hydroxylation is 1. The van der Waals surface area contributed by atoms with Crippen molar-refractivity contribution in [3.63, 3.8) is 0 Å². The highest BCUT2D eigenvalue weighted by atomic mass is 32.2. The standard InChI is InChI=1S/C16H22N4O2S/c1-9-10(2)12(7-17)14(18-11(9)3)23-8-13(21)19-15(22)20-16(4,5)6/h8H2,1-6H3,(H2,19,20,21,22). The third-order valence-corrected chi connectivity index (χ3v) is 4.13. The van der Waals surface area contributed by atoms with Crippen LogP contribution in [0.4, 0.5) is 4.79 Å². The molecule has 0 aliphatic heterocycles. The fourth-order valence-electron chi connectivity index (χ4n) is 1.82. The Morgan fingerprint density at radius 1 is 1.22 bits per heavy atom. The SMILES string of the molecule is Cc1nc(SCC(=O)NC(=O)NC(C)(C)C)c(C#N)c(C)c1C. The first-order chi connectivity index (χ1) is 10.5. The number of nitrogens with zero attached hydrogens (tertiary/aromatic N) is 2. The molecule has 0 fully saturated rings.